The molecule has 0 saturated heterocycles. The standard InChI is InChI=1S/C25H30N6O2/c1-26-25(28-16-21-7-2-3-9-23(21)33-18-19-10-11-19)27-15-20-6-4-8-22(14-20)30-24(32)17-31-13-5-12-29-31/h2-9,12-14,19H,10-11,15-18H2,1H3,(H,30,32)(H2,26,27,28). The first kappa shape index (κ1) is 22.4. The molecule has 1 fully saturated rings. The molecule has 3 aromatic rings. The molecule has 1 aromatic heterocycles. The van der Waals surface area contributed by atoms with Gasteiger partial charge in [-0.25, -0.2) is 0 Å². The lowest BCUT2D eigenvalue weighted by Gasteiger charge is -2.15. The number of hydrogen-bond donors (Lipinski definition) is 3. The number of aliphatic imine (C=N–C) groups is 1. The van der Waals surface area contributed by atoms with Crippen molar-refractivity contribution in [1.82, 2.24) is 20.4 Å². The third-order valence-electron chi connectivity index (χ3n) is 5.35. The van der Waals surface area contributed by atoms with Crippen molar-refractivity contribution >= 4 is 17.6 Å². The molecule has 1 heterocycles. The molecule has 0 spiro atoms. The predicted octanol–water partition coefficient (Wildman–Crippen LogP) is 3.18. The third-order valence-corrected chi connectivity index (χ3v) is 5.35. The van der Waals surface area contributed by atoms with Crippen molar-refractivity contribution in [2.75, 3.05) is 19.0 Å². The van der Waals surface area contributed by atoms with Crippen LogP contribution in [0.5, 0.6) is 5.75 Å². The quantitative estimate of drug-likeness (QED) is 0.329. The molecule has 0 bridgehead atoms. The van der Waals surface area contributed by atoms with Gasteiger partial charge in [-0.2, -0.15) is 5.10 Å². The average Bonchev–Trinajstić information content (AvgIpc) is 3.52. The number of ether oxygens (including phenoxy) is 1. The summed E-state index contributed by atoms with van der Waals surface area (Å²) >= 11 is 0. The molecular formula is C25H30N6O2. The Morgan fingerprint density at radius 2 is 1.97 bits per heavy atom. The Bertz CT molecular complexity index is 1080. The van der Waals surface area contributed by atoms with Gasteiger partial charge < -0.3 is 20.7 Å². The van der Waals surface area contributed by atoms with E-state index in [1.165, 1.54) is 12.8 Å². The van der Waals surface area contributed by atoms with Gasteiger partial charge in [-0.1, -0.05) is 30.3 Å². The fourth-order valence-electron chi connectivity index (χ4n) is 3.37. The number of anilines is 1. The maximum atomic E-state index is 12.2. The monoisotopic (exact) mass is 446 g/mol. The Balaban J connectivity index is 1.26. The first-order valence-corrected chi connectivity index (χ1v) is 11.2. The highest BCUT2D eigenvalue weighted by atomic mass is 16.5. The summed E-state index contributed by atoms with van der Waals surface area (Å²) in [7, 11) is 1.75. The smallest absolute Gasteiger partial charge is 0.246 e. The van der Waals surface area contributed by atoms with Crippen LogP contribution in [-0.4, -0.2) is 35.3 Å². The molecule has 0 unspecified atom stereocenters. The second kappa shape index (κ2) is 11.2. The summed E-state index contributed by atoms with van der Waals surface area (Å²) in [4.78, 5) is 16.5. The SMILES string of the molecule is CN=C(NCc1cccc(NC(=O)Cn2cccn2)c1)NCc1ccccc1OCC1CC1. The van der Waals surface area contributed by atoms with Gasteiger partial charge in [0.15, 0.2) is 5.96 Å². The van der Waals surface area contributed by atoms with Crippen LogP contribution in [0.3, 0.4) is 0 Å². The van der Waals surface area contributed by atoms with E-state index < -0.39 is 0 Å². The van der Waals surface area contributed by atoms with E-state index in [0.717, 1.165) is 29.2 Å². The van der Waals surface area contributed by atoms with E-state index in [1.54, 1.807) is 30.2 Å². The number of para-hydroxylation sites is 1. The average molecular weight is 447 g/mol. The Hall–Kier alpha value is -3.81. The summed E-state index contributed by atoms with van der Waals surface area (Å²) in [5, 5.41) is 13.6. The van der Waals surface area contributed by atoms with Gasteiger partial charge in [0.1, 0.15) is 12.3 Å². The highest BCUT2D eigenvalue weighted by Crippen LogP contribution is 2.30. The number of benzene rings is 2. The number of rotatable bonds is 10. The van der Waals surface area contributed by atoms with E-state index in [0.29, 0.717) is 25.0 Å². The first-order valence-electron chi connectivity index (χ1n) is 11.2. The van der Waals surface area contributed by atoms with Crippen molar-refractivity contribution in [3.05, 3.63) is 78.1 Å². The van der Waals surface area contributed by atoms with Crippen LogP contribution < -0.4 is 20.7 Å². The van der Waals surface area contributed by atoms with E-state index in [9.17, 15) is 4.79 Å². The zero-order chi connectivity index (χ0) is 22.9. The molecule has 1 amide bonds. The highest BCUT2D eigenvalue weighted by molar-refractivity contribution is 5.90. The Kier molecular flexibility index (Phi) is 7.58. The van der Waals surface area contributed by atoms with E-state index in [2.05, 4.69) is 32.1 Å². The van der Waals surface area contributed by atoms with Crippen LogP contribution in [0.25, 0.3) is 0 Å². The van der Waals surface area contributed by atoms with Crippen LogP contribution in [0.2, 0.25) is 0 Å². The fraction of sp³-hybridized carbons (Fsp3) is 0.320. The molecule has 1 aliphatic rings. The molecule has 0 radical (unpaired) electrons. The molecule has 1 aliphatic carbocycles. The van der Waals surface area contributed by atoms with Crippen molar-refractivity contribution in [2.45, 2.75) is 32.5 Å². The molecular weight excluding hydrogens is 416 g/mol. The van der Waals surface area contributed by atoms with E-state index in [-0.39, 0.29) is 12.5 Å². The lowest BCUT2D eigenvalue weighted by Crippen LogP contribution is -2.36. The number of aromatic nitrogens is 2. The van der Waals surface area contributed by atoms with Crippen LogP contribution in [0, 0.1) is 5.92 Å². The van der Waals surface area contributed by atoms with Crippen LogP contribution in [-0.2, 0) is 24.4 Å². The van der Waals surface area contributed by atoms with E-state index in [4.69, 9.17) is 4.74 Å². The van der Waals surface area contributed by atoms with Gasteiger partial charge in [0.25, 0.3) is 0 Å². The number of carbonyl (C=O) groups is 1. The molecule has 0 aliphatic heterocycles. The Labute approximate surface area is 194 Å². The molecule has 1 saturated carbocycles. The zero-order valence-corrected chi connectivity index (χ0v) is 18.8. The van der Waals surface area contributed by atoms with Crippen LogP contribution in [0.15, 0.2) is 72.0 Å². The summed E-state index contributed by atoms with van der Waals surface area (Å²) < 4.78 is 7.58. The van der Waals surface area contributed by atoms with Crippen LogP contribution >= 0.6 is 0 Å². The summed E-state index contributed by atoms with van der Waals surface area (Å²) in [5.74, 6) is 2.21. The lowest BCUT2D eigenvalue weighted by atomic mass is 10.2. The molecule has 8 heteroatoms. The number of nitrogens with one attached hydrogen (secondary N) is 3. The number of hydrogen-bond acceptors (Lipinski definition) is 4. The molecule has 8 nitrogen and oxygen atoms in total. The fourth-order valence-corrected chi connectivity index (χ4v) is 3.37. The lowest BCUT2D eigenvalue weighted by molar-refractivity contribution is -0.116. The van der Waals surface area contributed by atoms with Crippen LogP contribution in [0.1, 0.15) is 24.0 Å². The molecule has 172 valence electrons. The van der Waals surface area contributed by atoms with Crippen molar-refractivity contribution in [2.24, 2.45) is 10.9 Å². The first-order chi connectivity index (χ1) is 16.2. The summed E-state index contributed by atoms with van der Waals surface area (Å²) in [6, 6.07) is 17.6. The predicted molar refractivity (Wildman–Crippen MR) is 129 cm³/mol. The van der Waals surface area contributed by atoms with Crippen LogP contribution in [0.4, 0.5) is 5.69 Å². The summed E-state index contributed by atoms with van der Waals surface area (Å²) in [6.07, 6.45) is 5.95. The van der Waals surface area contributed by atoms with Gasteiger partial charge >= 0.3 is 0 Å². The molecule has 3 N–H and O–H groups in total. The van der Waals surface area contributed by atoms with Crippen molar-refractivity contribution in [3.63, 3.8) is 0 Å². The van der Waals surface area contributed by atoms with E-state index in [1.807, 2.05) is 42.5 Å². The van der Waals surface area contributed by atoms with Crippen molar-refractivity contribution in [1.29, 1.82) is 0 Å². The molecule has 2 aromatic carbocycles. The minimum absolute atomic E-state index is 0.121. The maximum Gasteiger partial charge on any atom is 0.246 e. The minimum Gasteiger partial charge on any atom is -0.493 e. The molecule has 33 heavy (non-hydrogen) atoms. The summed E-state index contributed by atoms with van der Waals surface area (Å²) in [6.45, 7) is 2.16. The number of guanidine groups is 1. The van der Waals surface area contributed by atoms with Crippen molar-refractivity contribution < 1.29 is 9.53 Å². The number of carbonyl (C=O) groups excluding carboxylic acids is 1. The van der Waals surface area contributed by atoms with Gasteiger partial charge in [0.2, 0.25) is 5.91 Å². The van der Waals surface area contributed by atoms with Gasteiger partial charge in [-0.15, -0.1) is 0 Å². The molecule has 4 rings (SSSR count). The van der Waals surface area contributed by atoms with Gasteiger partial charge in [-0.05, 0) is 48.6 Å². The minimum atomic E-state index is -0.121. The number of nitrogens with zero attached hydrogens (tertiary/aromatic N) is 3. The Morgan fingerprint density at radius 3 is 2.76 bits per heavy atom. The topological polar surface area (TPSA) is 92.6 Å². The van der Waals surface area contributed by atoms with Gasteiger partial charge in [0, 0.05) is 43.8 Å². The van der Waals surface area contributed by atoms with Gasteiger partial charge in [-0.3, -0.25) is 14.5 Å². The molecule has 0 atom stereocenters. The second-order valence-corrected chi connectivity index (χ2v) is 8.09. The normalized spacial score (nSPS) is 13.4. The largest absolute Gasteiger partial charge is 0.493 e. The zero-order valence-electron chi connectivity index (χ0n) is 18.8. The second-order valence-electron chi connectivity index (χ2n) is 8.09. The van der Waals surface area contributed by atoms with Crippen molar-refractivity contribution in [3.8, 4) is 5.75 Å². The highest BCUT2D eigenvalue weighted by Gasteiger charge is 2.22. The summed E-state index contributed by atoms with van der Waals surface area (Å²) in [5.41, 5.74) is 2.88. The Morgan fingerprint density at radius 1 is 1.12 bits per heavy atom. The maximum absolute atomic E-state index is 12.2. The van der Waals surface area contributed by atoms with E-state index >= 15 is 0 Å². The van der Waals surface area contributed by atoms with Gasteiger partial charge in [0.05, 0.1) is 6.61 Å². The third kappa shape index (κ3) is 7.10. The number of amides is 1.